The van der Waals surface area contributed by atoms with Crippen LogP contribution in [0.15, 0.2) is 72.2 Å². The molecule has 2 aromatic carbocycles. The minimum absolute atomic E-state index is 0.237. The molecular formula is C22H18N4O3S. The fourth-order valence-corrected chi connectivity index (χ4v) is 3.77. The molecule has 0 atom stereocenters. The maximum Gasteiger partial charge on any atom is 0.271 e. The van der Waals surface area contributed by atoms with Crippen molar-refractivity contribution in [3.05, 3.63) is 88.2 Å². The van der Waals surface area contributed by atoms with Gasteiger partial charge in [0.05, 0.1) is 21.7 Å². The third kappa shape index (κ3) is 3.81. The van der Waals surface area contributed by atoms with Crippen LogP contribution in [0.2, 0.25) is 0 Å². The van der Waals surface area contributed by atoms with Crippen molar-refractivity contribution in [2.75, 3.05) is 5.32 Å². The molecule has 0 aliphatic rings. The molecule has 150 valence electrons. The van der Waals surface area contributed by atoms with Crippen molar-refractivity contribution in [3.63, 3.8) is 0 Å². The SMILES string of the molecule is Cn1cc(C(=O)NNC(=O)c2ccccc2NC(=O)c2cccs2)c2ccccc21. The summed E-state index contributed by atoms with van der Waals surface area (Å²) in [5.41, 5.74) is 6.83. The van der Waals surface area contributed by atoms with E-state index < -0.39 is 11.8 Å². The van der Waals surface area contributed by atoms with E-state index in [1.54, 1.807) is 48.0 Å². The van der Waals surface area contributed by atoms with Gasteiger partial charge in [0.25, 0.3) is 17.7 Å². The number of nitrogens with zero attached hydrogens (tertiary/aromatic N) is 1. The topological polar surface area (TPSA) is 92.2 Å². The van der Waals surface area contributed by atoms with E-state index in [-0.39, 0.29) is 11.5 Å². The van der Waals surface area contributed by atoms with Crippen LogP contribution < -0.4 is 16.2 Å². The van der Waals surface area contributed by atoms with Crippen molar-refractivity contribution in [2.45, 2.75) is 0 Å². The second-order valence-corrected chi connectivity index (χ2v) is 7.50. The number of benzene rings is 2. The van der Waals surface area contributed by atoms with Crippen molar-refractivity contribution in [2.24, 2.45) is 7.05 Å². The van der Waals surface area contributed by atoms with Gasteiger partial charge in [-0.1, -0.05) is 36.4 Å². The Morgan fingerprint density at radius 2 is 1.50 bits per heavy atom. The zero-order chi connectivity index (χ0) is 21.1. The molecule has 30 heavy (non-hydrogen) atoms. The molecule has 4 rings (SSSR count). The minimum Gasteiger partial charge on any atom is -0.350 e. The first-order valence-corrected chi connectivity index (χ1v) is 10.0. The van der Waals surface area contributed by atoms with Crippen LogP contribution in [-0.2, 0) is 7.05 Å². The van der Waals surface area contributed by atoms with E-state index in [0.717, 1.165) is 10.9 Å². The number of carbonyl (C=O) groups excluding carboxylic acids is 3. The Labute approximate surface area is 176 Å². The number of thiophene rings is 1. The Balaban J connectivity index is 1.48. The van der Waals surface area contributed by atoms with E-state index in [1.165, 1.54) is 11.3 Å². The van der Waals surface area contributed by atoms with Crippen molar-refractivity contribution in [3.8, 4) is 0 Å². The molecule has 0 radical (unpaired) electrons. The van der Waals surface area contributed by atoms with Crippen LogP contribution in [0.5, 0.6) is 0 Å². The van der Waals surface area contributed by atoms with E-state index in [1.807, 2.05) is 35.9 Å². The van der Waals surface area contributed by atoms with Gasteiger partial charge in [0.1, 0.15) is 0 Å². The number of carbonyl (C=O) groups is 3. The molecule has 0 unspecified atom stereocenters. The van der Waals surface area contributed by atoms with E-state index in [0.29, 0.717) is 16.1 Å². The number of anilines is 1. The summed E-state index contributed by atoms with van der Waals surface area (Å²) in [4.78, 5) is 38.1. The standard InChI is InChI=1S/C22H18N4O3S/c1-26-13-16(14-7-3-5-10-18(14)26)21(28)25-24-20(27)15-8-2-4-9-17(15)23-22(29)19-11-6-12-30-19/h2-13H,1H3,(H,23,29)(H,24,27)(H,25,28). The third-order valence-corrected chi connectivity index (χ3v) is 5.46. The summed E-state index contributed by atoms with van der Waals surface area (Å²) in [6, 6.07) is 17.6. The first kappa shape index (κ1) is 19.4. The van der Waals surface area contributed by atoms with E-state index >= 15 is 0 Å². The summed E-state index contributed by atoms with van der Waals surface area (Å²) in [6.07, 6.45) is 1.71. The van der Waals surface area contributed by atoms with Crippen LogP contribution >= 0.6 is 11.3 Å². The Hall–Kier alpha value is -3.91. The average molecular weight is 418 g/mol. The summed E-state index contributed by atoms with van der Waals surface area (Å²) in [6.45, 7) is 0. The highest BCUT2D eigenvalue weighted by atomic mass is 32.1. The normalized spacial score (nSPS) is 10.6. The predicted molar refractivity (Wildman–Crippen MR) is 117 cm³/mol. The van der Waals surface area contributed by atoms with Crippen LogP contribution in [-0.4, -0.2) is 22.3 Å². The second-order valence-electron chi connectivity index (χ2n) is 6.56. The number of rotatable bonds is 4. The molecule has 4 aromatic rings. The Bertz CT molecular complexity index is 1240. The minimum atomic E-state index is -0.536. The number of para-hydroxylation sites is 2. The maximum absolute atomic E-state index is 12.7. The molecular weight excluding hydrogens is 400 g/mol. The molecule has 7 nitrogen and oxygen atoms in total. The van der Waals surface area contributed by atoms with Gasteiger partial charge in [-0.05, 0) is 29.6 Å². The van der Waals surface area contributed by atoms with Crippen LogP contribution in [0.25, 0.3) is 10.9 Å². The number of aromatic nitrogens is 1. The number of hydrogen-bond acceptors (Lipinski definition) is 4. The van der Waals surface area contributed by atoms with E-state index in [2.05, 4.69) is 16.2 Å². The van der Waals surface area contributed by atoms with Gasteiger partial charge in [-0.3, -0.25) is 25.2 Å². The Morgan fingerprint density at radius 1 is 0.800 bits per heavy atom. The molecule has 0 bridgehead atoms. The molecule has 0 saturated heterocycles. The lowest BCUT2D eigenvalue weighted by Crippen LogP contribution is -2.41. The largest absolute Gasteiger partial charge is 0.350 e. The first-order valence-electron chi connectivity index (χ1n) is 9.13. The van der Waals surface area contributed by atoms with Gasteiger partial charge in [-0.2, -0.15) is 0 Å². The lowest BCUT2D eigenvalue weighted by atomic mass is 10.1. The monoisotopic (exact) mass is 418 g/mol. The molecule has 3 amide bonds. The fourth-order valence-electron chi connectivity index (χ4n) is 3.15. The number of hydrogen-bond donors (Lipinski definition) is 3. The fraction of sp³-hybridized carbons (Fsp3) is 0.0455. The van der Waals surface area contributed by atoms with Gasteiger partial charge in [-0.15, -0.1) is 11.3 Å². The number of nitrogens with one attached hydrogen (secondary N) is 3. The van der Waals surface area contributed by atoms with Crippen molar-refractivity contribution in [1.82, 2.24) is 15.4 Å². The molecule has 3 N–H and O–H groups in total. The lowest BCUT2D eigenvalue weighted by Gasteiger charge is -2.11. The highest BCUT2D eigenvalue weighted by molar-refractivity contribution is 7.12. The van der Waals surface area contributed by atoms with Crippen LogP contribution in [0, 0.1) is 0 Å². The Morgan fingerprint density at radius 3 is 2.27 bits per heavy atom. The quantitative estimate of drug-likeness (QED) is 0.443. The molecule has 8 heteroatoms. The molecule has 0 aliphatic heterocycles. The summed E-state index contributed by atoms with van der Waals surface area (Å²) in [5, 5.41) is 5.32. The molecule has 0 aliphatic carbocycles. The number of hydrazine groups is 1. The highest BCUT2D eigenvalue weighted by Gasteiger charge is 2.17. The Kier molecular flexibility index (Phi) is 5.32. The predicted octanol–water partition coefficient (Wildman–Crippen LogP) is 3.57. The van der Waals surface area contributed by atoms with Crippen LogP contribution in [0.3, 0.4) is 0 Å². The molecule has 0 saturated carbocycles. The number of fused-ring (bicyclic) bond motifs is 1. The zero-order valence-electron chi connectivity index (χ0n) is 16.0. The summed E-state index contributed by atoms with van der Waals surface area (Å²) in [7, 11) is 1.85. The van der Waals surface area contributed by atoms with Crippen LogP contribution in [0.1, 0.15) is 30.4 Å². The molecule has 2 aromatic heterocycles. The van der Waals surface area contributed by atoms with Gasteiger partial charge in [0.2, 0.25) is 0 Å². The van der Waals surface area contributed by atoms with E-state index in [9.17, 15) is 14.4 Å². The first-order chi connectivity index (χ1) is 14.5. The van der Waals surface area contributed by atoms with Gasteiger partial charge in [0, 0.05) is 24.1 Å². The third-order valence-electron chi connectivity index (χ3n) is 4.60. The second kappa shape index (κ2) is 8.22. The van der Waals surface area contributed by atoms with Gasteiger partial charge in [0.15, 0.2) is 0 Å². The van der Waals surface area contributed by atoms with Crippen molar-refractivity contribution in [1.29, 1.82) is 0 Å². The number of amides is 3. The van der Waals surface area contributed by atoms with Crippen LogP contribution in [0.4, 0.5) is 5.69 Å². The summed E-state index contributed by atoms with van der Waals surface area (Å²) in [5.74, 6) is -1.27. The van der Waals surface area contributed by atoms with Crippen molar-refractivity contribution < 1.29 is 14.4 Å². The maximum atomic E-state index is 12.7. The zero-order valence-corrected chi connectivity index (χ0v) is 16.8. The molecule has 2 heterocycles. The van der Waals surface area contributed by atoms with E-state index in [4.69, 9.17) is 0 Å². The average Bonchev–Trinajstić information content (AvgIpc) is 3.41. The summed E-state index contributed by atoms with van der Waals surface area (Å²) >= 11 is 1.31. The molecule has 0 spiro atoms. The number of aryl methyl sites for hydroxylation is 1. The highest BCUT2D eigenvalue weighted by Crippen LogP contribution is 2.20. The molecule has 0 fully saturated rings. The van der Waals surface area contributed by atoms with Gasteiger partial charge in [-0.25, -0.2) is 0 Å². The summed E-state index contributed by atoms with van der Waals surface area (Å²) < 4.78 is 1.85. The van der Waals surface area contributed by atoms with Gasteiger partial charge >= 0.3 is 0 Å². The smallest absolute Gasteiger partial charge is 0.271 e. The lowest BCUT2D eigenvalue weighted by molar-refractivity contribution is 0.0847. The van der Waals surface area contributed by atoms with Crippen molar-refractivity contribution >= 4 is 45.6 Å². The van der Waals surface area contributed by atoms with Gasteiger partial charge < -0.3 is 9.88 Å².